The summed E-state index contributed by atoms with van der Waals surface area (Å²) in [4.78, 5) is 22.3. The maximum Gasteiger partial charge on any atom is 0.176 e. The van der Waals surface area contributed by atoms with Crippen molar-refractivity contribution in [3.63, 3.8) is 0 Å². The largest absolute Gasteiger partial charge is 0.489 e. The molecule has 6 aromatic heterocycles. The number of hydrogen-bond donors (Lipinski definition) is 3. The van der Waals surface area contributed by atoms with Crippen molar-refractivity contribution in [3.8, 4) is 39.0 Å². The van der Waals surface area contributed by atoms with Crippen molar-refractivity contribution >= 4 is 33.4 Å². The van der Waals surface area contributed by atoms with Gasteiger partial charge in [0.2, 0.25) is 0 Å². The second-order valence-corrected chi connectivity index (χ2v) is 9.94. The third-order valence-corrected chi connectivity index (χ3v) is 7.40. The van der Waals surface area contributed by atoms with Gasteiger partial charge in [-0.15, -0.1) is 11.3 Å². The zero-order valence-electron chi connectivity index (χ0n) is 19.5. The van der Waals surface area contributed by atoms with Crippen LogP contribution in [0.15, 0.2) is 55.1 Å². The van der Waals surface area contributed by atoms with Gasteiger partial charge < -0.3 is 15.0 Å². The Labute approximate surface area is 214 Å². The summed E-state index contributed by atoms with van der Waals surface area (Å²) in [6.45, 7) is 1.92. The highest BCUT2D eigenvalue weighted by Gasteiger charge is 2.18. The van der Waals surface area contributed by atoms with Crippen molar-refractivity contribution in [2.75, 3.05) is 13.1 Å². The van der Waals surface area contributed by atoms with Crippen molar-refractivity contribution in [1.82, 2.24) is 40.4 Å². The van der Waals surface area contributed by atoms with Gasteiger partial charge in [0, 0.05) is 33.8 Å². The van der Waals surface area contributed by atoms with Gasteiger partial charge >= 0.3 is 0 Å². The Morgan fingerprint density at radius 2 is 1.95 bits per heavy atom. The molecular weight excluding hydrogens is 491 g/mol. The number of hydrogen-bond acceptors (Lipinski definition) is 8. The Hall–Kier alpha value is -4.22. The van der Waals surface area contributed by atoms with Crippen LogP contribution in [0.4, 0.5) is 4.39 Å². The lowest BCUT2D eigenvalue weighted by atomic mass is 10.1. The van der Waals surface area contributed by atoms with Crippen LogP contribution < -0.4 is 10.1 Å². The number of nitrogens with one attached hydrogen (secondary N) is 3. The summed E-state index contributed by atoms with van der Waals surface area (Å²) in [5.41, 5.74) is 5.13. The minimum Gasteiger partial charge on any atom is -0.489 e. The van der Waals surface area contributed by atoms with E-state index in [-0.39, 0.29) is 11.2 Å². The van der Waals surface area contributed by atoms with E-state index in [1.54, 1.807) is 30.9 Å². The molecule has 0 atom stereocenters. The van der Waals surface area contributed by atoms with Gasteiger partial charge in [-0.1, -0.05) is 0 Å². The summed E-state index contributed by atoms with van der Waals surface area (Å²) in [6, 6.07) is 8.99. The molecule has 184 valence electrons. The average molecular weight is 513 g/mol. The van der Waals surface area contributed by atoms with Crippen LogP contribution in [0.25, 0.3) is 55.3 Å². The third kappa shape index (κ3) is 4.11. The number of H-pyrrole nitrogens is 2. The lowest BCUT2D eigenvalue weighted by molar-refractivity contribution is 0.162. The molecule has 11 heteroatoms. The average Bonchev–Trinajstić information content (AvgIpc) is 3.66. The molecule has 7 heterocycles. The Kier molecular flexibility index (Phi) is 5.37. The first-order valence-electron chi connectivity index (χ1n) is 12.0. The fourth-order valence-electron chi connectivity index (χ4n) is 4.66. The molecule has 6 aromatic rings. The number of aromatic nitrogens is 7. The molecule has 0 aliphatic carbocycles. The Balaban J connectivity index is 1.26. The molecule has 1 aliphatic heterocycles. The minimum atomic E-state index is -0.242. The van der Waals surface area contributed by atoms with Crippen molar-refractivity contribution in [2.24, 2.45) is 0 Å². The topological polar surface area (TPSA) is 117 Å². The van der Waals surface area contributed by atoms with E-state index in [2.05, 4.69) is 35.5 Å². The van der Waals surface area contributed by atoms with Crippen LogP contribution >= 0.6 is 11.3 Å². The van der Waals surface area contributed by atoms with Crippen molar-refractivity contribution in [2.45, 2.75) is 18.9 Å². The smallest absolute Gasteiger partial charge is 0.176 e. The SMILES string of the molecule is Fc1ccc(-c2ccnc3[nH]c(-c4n[nH]c5cnc(-c6cncc(OC7CCNCC7)c6)cc45)nc23)s1. The Bertz CT molecular complexity index is 1740. The van der Waals surface area contributed by atoms with Crippen molar-refractivity contribution in [1.29, 1.82) is 0 Å². The van der Waals surface area contributed by atoms with Crippen LogP contribution in [0.1, 0.15) is 12.8 Å². The van der Waals surface area contributed by atoms with E-state index >= 15 is 0 Å². The molecule has 0 spiro atoms. The molecular formula is C26H21FN8OS. The minimum absolute atomic E-state index is 0.187. The van der Waals surface area contributed by atoms with Crippen LogP contribution in [0.5, 0.6) is 5.75 Å². The second kappa shape index (κ2) is 9.02. The van der Waals surface area contributed by atoms with Crippen molar-refractivity contribution < 1.29 is 9.13 Å². The molecule has 9 nitrogen and oxygen atoms in total. The van der Waals surface area contributed by atoms with E-state index in [0.29, 0.717) is 22.7 Å². The lowest BCUT2D eigenvalue weighted by Gasteiger charge is -2.23. The molecule has 3 N–H and O–H groups in total. The standard InChI is InChI=1S/C26H21FN8OS/c27-22-2-1-21(37-22)17-5-8-30-25-23(17)32-26(33-25)24-18-10-19(31-13-20(18)34-35-24)14-9-16(12-29-11-14)36-15-3-6-28-7-4-15/h1-2,5,8-13,15,28H,3-4,6-7H2,(H,34,35)(H,30,32,33). The van der Waals surface area contributed by atoms with Crippen molar-refractivity contribution in [3.05, 3.63) is 60.3 Å². The Morgan fingerprint density at radius 3 is 2.81 bits per heavy atom. The number of fused-ring (bicyclic) bond motifs is 2. The number of nitrogens with zero attached hydrogens (tertiary/aromatic N) is 5. The molecule has 0 bridgehead atoms. The van der Waals surface area contributed by atoms with Gasteiger partial charge in [0.1, 0.15) is 23.1 Å². The first-order chi connectivity index (χ1) is 18.2. The number of imidazole rings is 1. The lowest BCUT2D eigenvalue weighted by Crippen LogP contribution is -2.34. The second-order valence-electron chi connectivity index (χ2n) is 8.91. The maximum absolute atomic E-state index is 13.7. The summed E-state index contributed by atoms with van der Waals surface area (Å²) >= 11 is 1.08. The van der Waals surface area contributed by atoms with E-state index < -0.39 is 0 Å². The highest BCUT2D eigenvalue weighted by molar-refractivity contribution is 7.14. The highest BCUT2D eigenvalue weighted by atomic mass is 32.1. The first kappa shape index (κ1) is 22.0. The maximum atomic E-state index is 13.7. The quantitative estimate of drug-likeness (QED) is 0.299. The molecule has 37 heavy (non-hydrogen) atoms. The Morgan fingerprint density at radius 1 is 1.03 bits per heavy atom. The normalized spacial score (nSPS) is 14.5. The van der Waals surface area contributed by atoms with Gasteiger partial charge in [-0.25, -0.2) is 9.97 Å². The summed E-state index contributed by atoms with van der Waals surface area (Å²) < 4.78 is 19.8. The number of halogens is 1. The van der Waals surface area contributed by atoms with E-state index in [0.717, 1.165) is 75.6 Å². The number of pyridine rings is 3. The molecule has 0 radical (unpaired) electrons. The van der Waals surface area contributed by atoms with Crippen LogP contribution in [0, 0.1) is 5.13 Å². The number of thiophene rings is 1. The summed E-state index contributed by atoms with van der Waals surface area (Å²) in [7, 11) is 0. The van der Waals surface area contributed by atoms with Gasteiger partial charge in [-0.3, -0.25) is 15.1 Å². The summed E-state index contributed by atoms with van der Waals surface area (Å²) in [6.07, 6.45) is 9.10. The predicted octanol–water partition coefficient (Wildman–Crippen LogP) is 4.96. The molecule has 1 saturated heterocycles. The summed E-state index contributed by atoms with van der Waals surface area (Å²) in [5.74, 6) is 1.30. The zero-order valence-corrected chi connectivity index (χ0v) is 20.3. The zero-order chi connectivity index (χ0) is 24.8. The molecule has 1 fully saturated rings. The van der Waals surface area contributed by atoms with Crippen LogP contribution in [-0.4, -0.2) is 54.3 Å². The van der Waals surface area contributed by atoms with Crippen LogP contribution in [0.3, 0.4) is 0 Å². The van der Waals surface area contributed by atoms with Gasteiger partial charge in [0.15, 0.2) is 16.6 Å². The molecule has 0 saturated carbocycles. The fourth-order valence-corrected chi connectivity index (χ4v) is 5.42. The number of aromatic amines is 2. The van der Waals surface area contributed by atoms with Gasteiger partial charge in [-0.05, 0) is 56.3 Å². The van der Waals surface area contributed by atoms with E-state index in [4.69, 9.17) is 9.72 Å². The fraction of sp³-hybridized carbons (Fsp3) is 0.192. The molecule has 1 aliphatic rings. The molecule has 0 amide bonds. The van der Waals surface area contributed by atoms with Crippen LogP contribution in [0.2, 0.25) is 0 Å². The van der Waals surface area contributed by atoms with Gasteiger partial charge in [-0.2, -0.15) is 9.49 Å². The van der Waals surface area contributed by atoms with Gasteiger partial charge in [0.25, 0.3) is 0 Å². The first-order valence-corrected chi connectivity index (χ1v) is 12.8. The number of ether oxygens (including phenoxy) is 1. The molecule has 0 aromatic carbocycles. The van der Waals surface area contributed by atoms with Gasteiger partial charge in [0.05, 0.1) is 23.6 Å². The highest BCUT2D eigenvalue weighted by Crippen LogP contribution is 2.34. The van der Waals surface area contributed by atoms with Crippen LogP contribution in [-0.2, 0) is 0 Å². The predicted molar refractivity (Wildman–Crippen MR) is 140 cm³/mol. The van der Waals surface area contributed by atoms with E-state index in [9.17, 15) is 4.39 Å². The number of rotatable bonds is 5. The number of piperidine rings is 1. The molecule has 0 unspecified atom stereocenters. The van der Waals surface area contributed by atoms with E-state index in [1.165, 1.54) is 6.07 Å². The molecule has 7 rings (SSSR count). The van der Waals surface area contributed by atoms with E-state index in [1.807, 2.05) is 18.2 Å². The third-order valence-electron chi connectivity index (χ3n) is 6.49. The monoisotopic (exact) mass is 512 g/mol. The summed E-state index contributed by atoms with van der Waals surface area (Å²) in [5, 5.41) is 11.5.